The molecule has 0 bridgehead atoms. The highest BCUT2D eigenvalue weighted by Crippen LogP contribution is 2.38. The Morgan fingerprint density at radius 1 is 1.00 bits per heavy atom. The molecule has 4 heteroatoms. The van der Waals surface area contributed by atoms with E-state index in [-0.39, 0.29) is 0 Å². The third-order valence-corrected chi connectivity index (χ3v) is 5.01. The SMILES string of the molecule is C#CC(O)(c1ccc(N2CCCCC2)cc1)c1ccc(OC)cc1OC. The fourth-order valence-electron chi connectivity index (χ4n) is 3.48. The van der Waals surface area contributed by atoms with Crippen LogP contribution < -0.4 is 14.4 Å². The molecule has 1 saturated heterocycles. The highest BCUT2D eigenvalue weighted by molar-refractivity contribution is 5.56. The van der Waals surface area contributed by atoms with Crippen LogP contribution in [0.15, 0.2) is 42.5 Å². The van der Waals surface area contributed by atoms with Crippen LogP contribution in [0.4, 0.5) is 5.69 Å². The van der Waals surface area contributed by atoms with Crippen LogP contribution in [0, 0.1) is 12.3 Å². The number of anilines is 1. The Morgan fingerprint density at radius 2 is 1.69 bits per heavy atom. The van der Waals surface area contributed by atoms with Crippen molar-refractivity contribution in [1.82, 2.24) is 0 Å². The summed E-state index contributed by atoms with van der Waals surface area (Å²) < 4.78 is 10.7. The molecule has 1 aliphatic rings. The van der Waals surface area contributed by atoms with E-state index in [1.807, 2.05) is 24.3 Å². The van der Waals surface area contributed by atoms with Crippen LogP contribution in [0.2, 0.25) is 0 Å². The zero-order chi connectivity index (χ0) is 18.6. The predicted molar refractivity (Wildman–Crippen MR) is 104 cm³/mol. The average Bonchev–Trinajstić information content (AvgIpc) is 2.73. The van der Waals surface area contributed by atoms with Gasteiger partial charge in [0.2, 0.25) is 0 Å². The van der Waals surface area contributed by atoms with Crippen molar-refractivity contribution in [3.05, 3.63) is 53.6 Å². The molecule has 136 valence electrons. The fourth-order valence-corrected chi connectivity index (χ4v) is 3.48. The quantitative estimate of drug-likeness (QED) is 0.837. The highest BCUT2D eigenvalue weighted by Gasteiger charge is 2.33. The second-order valence-corrected chi connectivity index (χ2v) is 6.52. The largest absolute Gasteiger partial charge is 0.497 e. The molecule has 0 aliphatic carbocycles. The molecule has 0 radical (unpaired) electrons. The van der Waals surface area contributed by atoms with E-state index in [9.17, 15) is 5.11 Å². The minimum absolute atomic E-state index is 0.491. The van der Waals surface area contributed by atoms with Crippen molar-refractivity contribution in [1.29, 1.82) is 0 Å². The molecule has 0 spiro atoms. The maximum atomic E-state index is 11.3. The third-order valence-electron chi connectivity index (χ3n) is 5.01. The van der Waals surface area contributed by atoms with Gasteiger partial charge in [-0.2, -0.15) is 0 Å². The number of piperidine rings is 1. The molecular formula is C22H25NO3. The lowest BCUT2D eigenvalue weighted by Crippen LogP contribution is -2.30. The molecule has 0 amide bonds. The summed E-state index contributed by atoms with van der Waals surface area (Å²) in [6.07, 6.45) is 9.49. The number of aliphatic hydroxyl groups is 1. The van der Waals surface area contributed by atoms with E-state index in [1.54, 1.807) is 32.4 Å². The fraction of sp³-hybridized carbons (Fsp3) is 0.364. The van der Waals surface area contributed by atoms with E-state index in [0.717, 1.165) is 18.8 Å². The summed E-state index contributed by atoms with van der Waals surface area (Å²) in [4.78, 5) is 2.37. The first-order chi connectivity index (χ1) is 12.6. The van der Waals surface area contributed by atoms with Crippen LogP contribution in [0.5, 0.6) is 11.5 Å². The summed E-state index contributed by atoms with van der Waals surface area (Å²) in [5.41, 5.74) is 0.755. The van der Waals surface area contributed by atoms with Gasteiger partial charge in [0, 0.05) is 36.0 Å². The van der Waals surface area contributed by atoms with Gasteiger partial charge in [-0.15, -0.1) is 6.42 Å². The summed E-state index contributed by atoms with van der Waals surface area (Å²) in [7, 11) is 3.13. The van der Waals surface area contributed by atoms with Crippen LogP contribution in [0.3, 0.4) is 0 Å². The number of benzene rings is 2. The summed E-state index contributed by atoms with van der Waals surface area (Å²) >= 11 is 0. The smallest absolute Gasteiger partial charge is 0.180 e. The molecule has 1 atom stereocenters. The molecule has 0 saturated carbocycles. The lowest BCUT2D eigenvalue weighted by molar-refractivity contribution is 0.141. The van der Waals surface area contributed by atoms with Gasteiger partial charge in [0.05, 0.1) is 14.2 Å². The first kappa shape index (κ1) is 18.2. The topological polar surface area (TPSA) is 41.9 Å². The van der Waals surface area contributed by atoms with Gasteiger partial charge in [-0.1, -0.05) is 18.1 Å². The number of methoxy groups -OCH3 is 2. The van der Waals surface area contributed by atoms with Crippen LogP contribution in [-0.2, 0) is 5.60 Å². The van der Waals surface area contributed by atoms with Gasteiger partial charge >= 0.3 is 0 Å². The molecule has 1 heterocycles. The molecule has 26 heavy (non-hydrogen) atoms. The Bertz CT molecular complexity index is 788. The third kappa shape index (κ3) is 3.36. The van der Waals surface area contributed by atoms with E-state index in [4.69, 9.17) is 15.9 Å². The zero-order valence-electron chi connectivity index (χ0n) is 15.4. The molecule has 1 fully saturated rings. The molecule has 2 aromatic rings. The van der Waals surface area contributed by atoms with Gasteiger partial charge in [0.25, 0.3) is 0 Å². The zero-order valence-corrected chi connectivity index (χ0v) is 15.4. The Kier molecular flexibility index (Phi) is 5.39. The minimum atomic E-state index is -1.57. The minimum Gasteiger partial charge on any atom is -0.497 e. The Morgan fingerprint density at radius 3 is 2.27 bits per heavy atom. The normalized spacial score (nSPS) is 16.5. The molecule has 1 aliphatic heterocycles. The lowest BCUT2D eigenvalue weighted by Gasteiger charge is -2.30. The maximum absolute atomic E-state index is 11.3. The Hall–Kier alpha value is -2.64. The summed E-state index contributed by atoms with van der Waals surface area (Å²) in [5.74, 6) is 3.68. The van der Waals surface area contributed by atoms with Gasteiger partial charge in [0.1, 0.15) is 11.5 Å². The number of rotatable bonds is 5. The Labute approximate surface area is 155 Å². The van der Waals surface area contributed by atoms with E-state index in [2.05, 4.69) is 10.8 Å². The Balaban J connectivity index is 1.96. The van der Waals surface area contributed by atoms with Crippen LogP contribution in [0.1, 0.15) is 30.4 Å². The number of hydrogen-bond acceptors (Lipinski definition) is 4. The van der Waals surface area contributed by atoms with Gasteiger partial charge in [-0.05, 0) is 43.5 Å². The van der Waals surface area contributed by atoms with Crippen LogP contribution in [0.25, 0.3) is 0 Å². The van der Waals surface area contributed by atoms with Gasteiger partial charge < -0.3 is 19.5 Å². The first-order valence-electron chi connectivity index (χ1n) is 8.90. The summed E-state index contributed by atoms with van der Waals surface area (Å²) in [6, 6.07) is 13.1. The number of hydrogen-bond donors (Lipinski definition) is 1. The maximum Gasteiger partial charge on any atom is 0.180 e. The van der Waals surface area contributed by atoms with E-state index >= 15 is 0 Å². The van der Waals surface area contributed by atoms with Gasteiger partial charge in [-0.25, -0.2) is 0 Å². The van der Waals surface area contributed by atoms with Crippen molar-refractivity contribution in [2.45, 2.75) is 24.9 Å². The average molecular weight is 351 g/mol. The summed E-state index contributed by atoms with van der Waals surface area (Å²) in [6.45, 7) is 2.15. The molecule has 1 N–H and O–H groups in total. The van der Waals surface area contributed by atoms with E-state index < -0.39 is 5.60 Å². The molecular weight excluding hydrogens is 326 g/mol. The van der Waals surface area contributed by atoms with Crippen LogP contribution >= 0.6 is 0 Å². The van der Waals surface area contributed by atoms with Gasteiger partial charge in [0.15, 0.2) is 5.60 Å². The van der Waals surface area contributed by atoms with Crippen molar-refractivity contribution < 1.29 is 14.6 Å². The molecule has 2 aromatic carbocycles. The number of ether oxygens (including phenoxy) is 2. The monoisotopic (exact) mass is 351 g/mol. The molecule has 1 unspecified atom stereocenters. The first-order valence-corrected chi connectivity index (χ1v) is 8.90. The standard InChI is InChI=1S/C22H25NO3/c1-4-22(24,20-13-12-19(25-2)16-21(20)26-3)17-8-10-18(11-9-17)23-14-6-5-7-15-23/h1,8-13,16,24H,5-7,14-15H2,2-3H3. The lowest BCUT2D eigenvalue weighted by atomic mass is 9.86. The summed E-state index contributed by atoms with van der Waals surface area (Å²) in [5, 5.41) is 11.3. The highest BCUT2D eigenvalue weighted by atomic mass is 16.5. The van der Waals surface area contributed by atoms with E-state index in [1.165, 1.54) is 19.3 Å². The van der Waals surface area contributed by atoms with Gasteiger partial charge in [-0.3, -0.25) is 0 Å². The van der Waals surface area contributed by atoms with Crippen molar-refractivity contribution in [2.75, 3.05) is 32.2 Å². The van der Waals surface area contributed by atoms with Crippen LogP contribution in [-0.4, -0.2) is 32.4 Å². The van der Waals surface area contributed by atoms with Crippen molar-refractivity contribution in [2.24, 2.45) is 0 Å². The molecule has 4 nitrogen and oxygen atoms in total. The number of nitrogens with zero attached hydrogens (tertiary/aromatic N) is 1. The second-order valence-electron chi connectivity index (χ2n) is 6.52. The van der Waals surface area contributed by atoms with Crippen molar-refractivity contribution >= 4 is 5.69 Å². The van der Waals surface area contributed by atoms with Crippen molar-refractivity contribution in [3.8, 4) is 23.8 Å². The van der Waals surface area contributed by atoms with Crippen molar-refractivity contribution in [3.63, 3.8) is 0 Å². The number of terminal acetylenes is 1. The van der Waals surface area contributed by atoms with E-state index in [0.29, 0.717) is 22.6 Å². The molecule has 0 aromatic heterocycles. The second kappa shape index (κ2) is 7.72. The predicted octanol–water partition coefficient (Wildman–Crippen LogP) is 3.56. The molecule has 3 rings (SSSR count).